The molecule has 0 spiro atoms. The number of hydrogen-bond donors (Lipinski definition) is 0. The lowest BCUT2D eigenvalue weighted by molar-refractivity contribution is -0.174. The maximum atomic E-state index is 12.1. The van der Waals surface area contributed by atoms with Gasteiger partial charge in [0.15, 0.2) is 0 Å². The predicted molar refractivity (Wildman–Crippen MR) is 79.7 cm³/mol. The average molecular weight is 424 g/mol. The van der Waals surface area contributed by atoms with Crippen LogP contribution in [0.1, 0.15) is 27.2 Å². The van der Waals surface area contributed by atoms with Gasteiger partial charge in [-0.15, -0.1) is 0 Å². The Kier molecular flexibility index (Phi) is 12.6. The second kappa shape index (κ2) is 12.7. The number of Topliss-reactive ketones (excluding diaryl/α,β-unsaturated/α-hetero) is 2. The topological polar surface area (TPSA) is 96.0 Å². The van der Waals surface area contributed by atoms with Crippen molar-refractivity contribution < 1.29 is 59.7 Å². The molecule has 28 heavy (non-hydrogen) atoms. The summed E-state index contributed by atoms with van der Waals surface area (Å²) in [5.41, 5.74) is -1.16. The lowest BCUT2D eigenvalue weighted by Gasteiger charge is -2.08. The van der Waals surface area contributed by atoms with Crippen molar-refractivity contribution in [3.8, 4) is 0 Å². The molecular weight excluding hydrogens is 406 g/mol. The molecule has 0 heterocycles. The summed E-state index contributed by atoms with van der Waals surface area (Å²) < 4.78 is 83.7. The molecule has 0 N–H and O–H groups in total. The Bertz CT molecular complexity index is 578. The van der Waals surface area contributed by atoms with Gasteiger partial charge in [0, 0.05) is 0 Å². The molecule has 0 radical (unpaired) electrons. The van der Waals surface area contributed by atoms with Gasteiger partial charge in [0.2, 0.25) is 5.78 Å². The van der Waals surface area contributed by atoms with Crippen LogP contribution < -0.4 is 0 Å². The van der Waals surface area contributed by atoms with Crippen LogP contribution >= 0.6 is 0 Å². The predicted octanol–water partition coefficient (Wildman–Crippen LogP) is 2.67. The lowest BCUT2D eigenvalue weighted by Crippen LogP contribution is -2.29. The first-order valence-corrected chi connectivity index (χ1v) is 7.58. The highest BCUT2D eigenvalue weighted by Crippen LogP contribution is 2.21. The number of carbonyl (C=O) groups excluding carboxylic acids is 4. The first-order valence-electron chi connectivity index (χ1n) is 7.58. The van der Waals surface area contributed by atoms with Gasteiger partial charge in [-0.25, -0.2) is 4.79 Å². The average Bonchev–Trinajstić information content (AvgIpc) is 2.54. The molecule has 0 aliphatic carbocycles. The molecular formula is C15H18F6O7. The maximum Gasteiger partial charge on any atom is 0.455 e. The zero-order valence-electron chi connectivity index (χ0n) is 15.0. The Morgan fingerprint density at radius 3 is 1.64 bits per heavy atom. The highest BCUT2D eigenvalue weighted by atomic mass is 19.4. The van der Waals surface area contributed by atoms with Crippen LogP contribution in [-0.2, 0) is 33.4 Å². The Hall–Kier alpha value is -2.60. The number of carbonyl (C=O) groups is 4. The molecule has 0 rings (SSSR count). The molecule has 0 bridgehead atoms. The van der Waals surface area contributed by atoms with Crippen molar-refractivity contribution >= 4 is 23.5 Å². The fourth-order valence-corrected chi connectivity index (χ4v) is 1.17. The van der Waals surface area contributed by atoms with Gasteiger partial charge in [-0.05, 0) is 20.8 Å². The lowest BCUT2D eigenvalue weighted by atomic mass is 10.2. The first-order chi connectivity index (χ1) is 12.7. The van der Waals surface area contributed by atoms with Crippen molar-refractivity contribution in [3.63, 3.8) is 0 Å². The van der Waals surface area contributed by atoms with E-state index in [2.05, 4.69) is 14.2 Å². The van der Waals surface area contributed by atoms with E-state index in [0.717, 1.165) is 0 Å². The van der Waals surface area contributed by atoms with Gasteiger partial charge in [-0.1, -0.05) is 0 Å². The highest BCUT2D eigenvalue weighted by Gasteiger charge is 2.44. The van der Waals surface area contributed by atoms with Crippen LogP contribution in [0.3, 0.4) is 0 Å². The van der Waals surface area contributed by atoms with Gasteiger partial charge in [0.25, 0.3) is 5.78 Å². The zero-order valence-corrected chi connectivity index (χ0v) is 15.0. The van der Waals surface area contributed by atoms with Crippen LogP contribution in [0.15, 0.2) is 11.8 Å². The normalized spacial score (nSPS) is 11.7. The van der Waals surface area contributed by atoms with E-state index in [1.807, 2.05) is 0 Å². The van der Waals surface area contributed by atoms with Gasteiger partial charge >= 0.3 is 24.3 Å². The van der Waals surface area contributed by atoms with Gasteiger partial charge in [0.1, 0.15) is 18.3 Å². The van der Waals surface area contributed by atoms with Crippen LogP contribution in [-0.4, -0.2) is 55.7 Å². The van der Waals surface area contributed by atoms with Crippen molar-refractivity contribution in [2.45, 2.75) is 39.5 Å². The Labute approximate surface area is 155 Å². The molecule has 13 heteroatoms. The van der Waals surface area contributed by atoms with Gasteiger partial charge in [0.05, 0.1) is 19.8 Å². The van der Waals surface area contributed by atoms with Gasteiger partial charge in [-0.3, -0.25) is 14.4 Å². The Morgan fingerprint density at radius 2 is 1.29 bits per heavy atom. The molecule has 0 fully saturated rings. The monoisotopic (exact) mass is 424 g/mol. The second-order valence-corrected chi connectivity index (χ2v) is 4.44. The van der Waals surface area contributed by atoms with E-state index in [1.54, 1.807) is 0 Å². The number of rotatable bonds is 8. The molecule has 0 saturated heterocycles. The van der Waals surface area contributed by atoms with Gasteiger partial charge < -0.3 is 14.2 Å². The van der Waals surface area contributed by atoms with Crippen LogP contribution in [0.2, 0.25) is 0 Å². The zero-order chi connectivity index (χ0) is 22.5. The van der Waals surface area contributed by atoms with E-state index in [1.165, 1.54) is 20.8 Å². The Morgan fingerprint density at radius 1 is 0.786 bits per heavy atom. The molecule has 0 amide bonds. The largest absolute Gasteiger partial charge is 0.500 e. The summed E-state index contributed by atoms with van der Waals surface area (Å²) in [6.07, 6.45) is -10.9. The summed E-state index contributed by atoms with van der Waals surface area (Å²) in [7, 11) is 0. The van der Waals surface area contributed by atoms with Crippen molar-refractivity contribution in [3.05, 3.63) is 11.8 Å². The molecule has 0 aliphatic rings. The van der Waals surface area contributed by atoms with Crippen molar-refractivity contribution in [2.24, 2.45) is 0 Å². The van der Waals surface area contributed by atoms with E-state index in [-0.39, 0.29) is 19.8 Å². The minimum absolute atomic E-state index is 0.0358. The van der Waals surface area contributed by atoms with Crippen LogP contribution in [0, 0.1) is 0 Å². The van der Waals surface area contributed by atoms with Crippen LogP contribution in [0.5, 0.6) is 0 Å². The number of alkyl halides is 6. The summed E-state index contributed by atoms with van der Waals surface area (Å²) in [6, 6.07) is 0. The number of ketones is 2. The van der Waals surface area contributed by atoms with E-state index in [0.29, 0.717) is 6.26 Å². The smallest absolute Gasteiger partial charge is 0.455 e. The molecule has 0 aliphatic heterocycles. The number of esters is 2. The van der Waals surface area contributed by atoms with Crippen LogP contribution in [0.4, 0.5) is 26.3 Å². The van der Waals surface area contributed by atoms with Gasteiger partial charge in [-0.2, -0.15) is 26.3 Å². The first kappa shape index (κ1) is 27.6. The van der Waals surface area contributed by atoms with E-state index >= 15 is 0 Å². The fraction of sp³-hybridized carbons (Fsp3) is 0.600. The fourth-order valence-electron chi connectivity index (χ4n) is 1.17. The third-order valence-corrected chi connectivity index (χ3v) is 2.29. The van der Waals surface area contributed by atoms with E-state index in [9.17, 15) is 45.5 Å². The van der Waals surface area contributed by atoms with E-state index < -0.39 is 47.9 Å². The summed E-state index contributed by atoms with van der Waals surface area (Å²) in [6.45, 7) is 4.22. The minimum Gasteiger partial charge on any atom is -0.500 e. The minimum atomic E-state index is -5.13. The van der Waals surface area contributed by atoms with Crippen molar-refractivity contribution in [1.29, 1.82) is 0 Å². The molecule has 0 aromatic rings. The van der Waals surface area contributed by atoms with Crippen LogP contribution in [0.25, 0.3) is 0 Å². The third-order valence-electron chi connectivity index (χ3n) is 2.29. The summed E-state index contributed by atoms with van der Waals surface area (Å²) in [4.78, 5) is 42.3. The Balaban J connectivity index is 0. The second-order valence-electron chi connectivity index (χ2n) is 4.44. The third kappa shape index (κ3) is 11.9. The molecule has 162 valence electrons. The molecule has 0 unspecified atom stereocenters. The highest BCUT2D eigenvalue weighted by molar-refractivity contribution is 6.19. The molecule has 0 atom stereocenters. The summed E-state index contributed by atoms with van der Waals surface area (Å²) in [5.74, 6) is -6.86. The summed E-state index contributed by atoms with van der Waals surface area (Å²) in [5, 5.41) is 0. The summed E-state index contributed by atoms with van der Waals surface area (Å²) >= 11 is 0. The standard InChI is InChI=1S/C9H11F3O4.C6H7F3O3/c1-3-15-5-6(8(14)16-4-2)7(13)9(10,11)12;1-2-12-5(11)3-4(10)6(7,8)9/h5H,3-4H2,1-2H3;2-3H2,1H3. The van der Waals surface area contributed by atoms with Crippen molar-refractivity contribution in [2.75, 3.05) is 19.8 Å². The molecule has 0 aromatic heterocycles. The molecule has 0 saturated carbocycles. The molecule has 0 aromatic carbocycles. The van der Waals surface area contributed by atoms with Crippen molar-refractivity contribution in [1.82, 2.24) is 0 Å². The number of ether oxygens (including phenoxy) is 3. The SMILES string of the molecule is CCOC(=O)CC(=O)C(F)(F)F.CCOC=C(C(=O)OCC)C(=O)C(F)(F)F. The van der Waals surface area contributed by atoms with E-state index in [4.69, 9.17) is 0 Å². The maximum absolute atomic E-state index is 12.1. The molecule has 7 nitrogen and oxygen atoms in total. The number of hydrogen-bond acceptors (Lipinski definition) is 7. The number of halogens is 6. The quantitative estimate of drug-likeness (QED) is 0.148.